The highest BCUT2D eigenvalue weighted by Gasteiger charge is 2.34. The third kappa shape index (κ3) is 4.18. The van der Waals surface area contributed by atoms with Crippen molar-refractivity contribution in [3.8, 4) is 5.75 Å². The Morgan fingerprint density at radius 2 is 1.93 bits per heavy atom. The maximum absolute atomic E-state index is 13.1. The molecule has 0 spiro atoms. The van der Waals surface area contributed by atoms with Crippen LogP contribution in [0.15, 0.2) is 53.6 Å². The molecule has 156 valence electrons. The molecule has 1 fully saturated rings. The average Bonchev–Trinajstić information content (AvgIpc) is 3.44. The number of nitrogens with zero attached hydrogens (tertiary/aromatic N) is 4. The van der Waals surface area contributed by atoms with E-state index in [1.165, 1.54) is 12.1 Å². The summed E-state index contributed by atoms with van der Waals surface area (Å²) in [6.45, 7) is 2.18. The lowest BCUT2D eigenvalue weighted by Gasteiger charge is -2.24. The van der Waals surface area contributed by atoms with Crippen molar-refractivity contribution < 1.29 is 14.5 Å². The molecule has 2 aromatic carbocycles. The molecular weight excluding hydrogens is 384 g/mol. The van der Waals surface area contributed by atoms with Gasteiger partial charge in [-0.1, -0.05) is 24.3 Å². The van der Waals surface area contributed by atoms with Gasteiger partial charge in [0.1, 0.15) is 5.75 Å². The standard InChI is InChI=1S/C22H24N4O4/c1-30-19-9-7-16(8-10-19)21-14-20(17-5-4-6-18(13-17)26(28)29)23-25(21)22(27)15-24-11-2-3-12-24/h4-10,13,21H,2-3,11-12,14-15H2,1H3. The fourth-order valence-corrected chi connectivity index (χ4v) is 4.00. The van der Waals surface area contributed by atoms with E-state index in [2.05, 4.69) is 10.0 Å². The van der Waals surface area contributed by atoms with Crippen LogP contribution in [0.1, 0.15) is 36.4 Å². The van der Waals surface area contributed by atoms with E-state index in [0.717, 1.165) is 37.2 Å². The molecule has 1 saturated heterocycles. The number of carbonyl (C=O) groups excluding carboxylic acids is 1. The molecule has 1 atom stereocenters. The van der Waals surface area contributed by atoms with Gasteiger partial charge < -0.3 is 4.74 Å². The Morgan fingerprint density at radius 3 is 2.60 bits per heavy atom. The average molecular weight is 408 g/mol. The van der Waals surface area contributed by atoms with Gasteiger partial charge in [0.15, 0.2) is 0 Å². The van der Waals surface area contributed by atoms with Crippen molar-refractivity contribution in [2.24, 2.45) is 5.10 Å². The zero-order chi connectivity index (χ0) is 21.1. The number of nitro benzene ring substituents is 1. The van der Waals surface area contributed by atoms with E-state index in [1.54, 1.807) is 24.3 Å². The van der Waals surface area contributed by atoms with Crippen LogP contribution in [0.5, 0.6) is 5.75 Å². The van der Waals surface area contributed by atoms with Crippen molar-refractivity contribution in [3.63, 3.8) is 0 Å². The van der Waals surface area contributed by atoms with Gasteiger partial charge in [-0.25, -0.2) is 5.01 Å². The second-order valence-electron chi connectivity index (χ2n) is 7.57. The van der Waals surface area contributed by atoms with Crippen LogP contribution in [0.4, 0.5) is 5.69 Å². The summed E-state index contributed by atoms with van der Waals surface area (Å²) in [6.07, 6.45) is 2.72. The molecule has 2 aliphatic rings. The van der Waals surface area contributed by atoms with Crippen LogP contribution < -0.4 is 4.74 Å². The van der Waals surface area contributed by atoms with Crippen LogP contribution in [0.25, 0.3) is 0 Å². The van der Waals surface area contributed by atoms with Crippen molar-refractivity contribution in [3.05, 3.63) is 69.8 Å². The van der Waals surface area contributed by atoms with E-state index < -0.39 is 4.92 Å². The van der Waals surface area contributed by atoms with Crippen LogP contribution in [0.3, 0.4) is 0 Å². The van der Waals surface area contributed by atoms with Crippen molar-refractivity contribution in [2.45, 2.75) is 25.3 Å². The van der Waals surface area contributed by atoms with Gasteiger partial charge >= 0.3 is 0 Å². The summed E-state index contributed by atoms with van der Waals surface area (Å²) >= 11 is 0. The number of hydrogen-bond donors (Lipinski definition) is 0. The second kappa shape index (κ2) is 8.62. The molecule has 0 aromatic heterocycles. The van der Waals surface area contributed by atoms with E-state index in [-0.39, 0.29) is 17.6 Å². The van der Waals surface area contributed by atoms with E-state index in [4.69, 9.17) is 4.74 Å². The molecule has 0 N–H and O–H groups in total. The van der Waals surface area contributed by atoms with Gasteiger partial charge in [0.05, 0.1) is 30.3 Å². The molecule has 8 heteroatoms. The molecule has 0 aliphatic carbocycles. The largest absolute Gasteiger partial charge is 0.497 e. The number of nitro groups is 1. The second-order valence-corrected chi connectivity index (χ2v) is 7.57. The Hall–Kier alpha value is -3.26. The third-order valence-corrected chi connectivity index (χ3v) is 5.61. The number of ether oxygens (including phenoxy) is 1. The number of carbonyl (C=O) groups is 1. The molecule has 2 aromatic rings. The van der Waals surface area contributed by atoms with E-state index in [9.17, 15) is 14.9 Å². The van der Waals surface area contributed by atoms with Crippen molar-refractivity contribution >= 4 is 17.3 Å². The van der Waals surface area contributed by atoms with E-state index in [1.807, 2.05) is 24.3 Å². The molecule has 0 bridgehead atoms. The number of benzene rings is 2. The first-order chi connectivity index (χ1) is 14.5. The number of methoxy groups -OCH3 is 1. The minimum Gasteiger partial charge on any atom is -0.497 e. The minimum absolute atomic E-state index is 0.0121. The molecule has 30 heavy (non-hydrogen) atoms. The number of amides is 1. The van der Waals surface area contributed by atoms with Gasteiger partial charge in [0.2, 0.25) is 0 Å². The molecule has 1 amide bonds. The fraction of sp³-hybridized carbons (Fsp3) is 0.364. The number of non-ortho nitro benzene ring substituents is 1. The lowest BCUT2D eigenvalue weighted by Crippen LogP contribution is -2.36. The Morgan fingerprint density at radius 1 is 1.20 bits per heavy atom. The number of hydrogen-bond acceptors (Lipinski definition) is 6. The molecule has 0 saturated carbocycles. The molecule has 2 heterocycles. The van der Waals surface area contributed by atoms with E-state index >= 15 is 0 Å². The highest BCUT2D eigenvalue weighted by Crippen LogP contribution is 2.34. The quantitative estimate of drug-likeness (QED) is 0.540. The van der Waals surface area contributed by atoms with Gasteiger partial charge in [-0.3, -0.25) is 19.8 Å². The lowest BCUT2D eigenvalue weighted by atomic mass is 9.98. The lowest BCUT2D eigenvalue weighted by molar-refractivity contribution is -0.384. The van der Waals surface area contributed by atoms with Gasteiger partial charge in [-0.15, -0.1) is 0 Å². The summed E-state index contributed by atoms with van der Waals surface area (Å²) in [5, 5.41) is 17.3. The first-order valence-electron chi connectivity index (χ1n) is 10.1. The summed E-state index contributed by atoms with van der Waals surface area (Å²) in [5.41, 5.74) is 2.31. The highest BCUT2D eigenvalue weighted by molar-refractivity contribution is 6.03. The summed E-state index contributed by atoms with van der Waals surface area (Å²) in [6, 6.07) is 13.8. The maximum Gasteiger partial charge on any atom is 0.270 e. The smallest absolute Gasteiger partial charge is 0.270 e. The predicted octanol–water partition coefficient (Wildman–Crippen LogP) is 3.38. The Kier molecular flexibility index (Phi) is 5.76. The molecular formula is C22H24N4O4. The molecule has 0 radical (unpaired) electrons. The molecule has 1 unspecified atom stereocenters. The highest BCUT2D eigenvalue weighted by atomic mass is 16.6. The van der Waals surface area contributed by atoms with Gasteiger partial charge in [0.25, 0.3) is 11.6 Å². The predicted molar refractivity (Wildman–Crippen MR) is 113 cm³/mol. The summed E-state index contributed by atoms with van der Waals surface area (Å²) < 4.78 is 5.24. The molecule has 8 nitrogen and oxygen atoms in total. The number of hydrazone groups is 1. The van der Waals surface area contributed by atoms with Crippen LogP contribution in [0, 0.1) is 10.1 Å². The fourth-order valence-electron chi connectivity index (χ4n) is 4.00. The van der Waals surface area contributed by atoms with Crippen molar-refractivity contribution in [1.29, 1.82) is 0 Å². The normalized spacial score (nSPS) is 19.0. The molecule has 4 rings (SSSR count). The van der Waals surface area contributed by atoms with Crippen LogP contribution in [-0.2, 0) is 4.79 Å². The monoisotopic (exact) mass is 408 g/mol. The Bertz CT molecular complexity index is 967. The Labute approximate surface area is 174 Å². The van der Waals surface area contributed by atoms with Crippen LogP contribution >= 0.6 is 0 Å². The Balaban J connectivity index is 1.63. The van der Waals surface area contributed by atoms with Crippen molar-refractivity contribution in [2.75, 3.05) is 26.7 Å². The van der Waals surface area contributed by atoms with Crippen LogP contribution in [-0.4, -0.2) is 53.2 Å². The van der Waals surface area contributed by atoms with Crippen LogP contribution in [0.2, 0.25) is 0 Å². The molecule has 2 aliphatic heterocycles. The third-order valence-electron chi connectivity index (χ3n) is 5.61. The number of rotatable bonds is 6. The summed E-state index contributed by atoms with van der Waals surface area (Å²) in [7, 11) is 1.61. The SMILES string of the molecule is COc1ccc(C2CC(c3cccc([N+](=O)[O-])c3)=NN2C(=O)CN2CCCC2)cc1. The van der Waals surface area contributed by atoms with Gasteiger partial charge in [-0.05, 0) is 43.6 Å². The van der Waals surface area contributed by atoms with E-state index in [0.29, 0.717) is 24.2 Å². The van der Waals surface area contributed by atoms with Gasteiger partial charge in [-0.2, -0.15) is 5.10 Å². The minimum atomic E-state index is -0.420. The zero-order valence-corrected chi connectivity index (χ0v) is 16.9. The first kappa shape index (κ1) is 20.0. The first-order valence-corrected chi connectivity index (χ1v) is 10.1. The number of likely N-dealkylation sites (tertiary alicyclic amines) is 1. The topological polar surface area (TPSA) is 88.3 Å². The zero-order valence-electron chi connectivity index (χ0n) is 16.9. The van der Waals surface area contributed by atoms with Gasteiger partial charge in [0, 0.05) is 24.1 Å². The summed E-state index contributed by atoms with van der Waals surface area (Å²) in [5.74, 6) is 0.685. The summed E-state index contributed by atoms with van der Waals surface area (Å²) in [4.78, 5) is 26.0. The van der Waals surface area contributed by atoms with Crippen molar-refractivity contribution in [1.82, 2.24) is 9.91 Å². The maximum atomic E-state index is 13.1.